The number of furan rings is 1. The van der Waals surface area contributed by atoms with Crippen molar-refractivity contribution < 1.29 is 12.8 Å². The highest BCUT2D eigenvalue weighted by molar-refractivity contribution is 7.89. The van der Waals surface area contributed by atoms with Crippen LogP contribution in [0.3, 0.4) is 0 Å². The van der Waals surface area contributed by atoms with Crippen LogP contribution >= 0.6 is 11.6 Å². The third kappa shape index (κ3) is 4.07. The molecule has 5 nitrogen and oxygen atoms in total. The molecule has 2 aromatic rings. The van der Waals surface area contributed by atoms with Gasteiger partial charge in [-0.1, -0.05) is 11.6 Å². The molecule has 0 aliphatic carbocycles. The van der Waals surface area contributed by atoms with Crippen LogP contribution in [0, 0.1) is 0 Å². The first-order valence-electron chi connectivity index (χ1n) is 6.45. The molecule has 0 bridgehead atoms. The average molecular weight is 329 g/mol. The summed E-state index contributed by atoms with van der Waals surface area (Å²) < 4.78 is 32.5. The van der Waals surface area contributed by atoms with E-state index in [9.17, 15) is 8.42 Å². The highest BCUT2D eigenvalue weighted by Gasteiger charge is 2.19. The Morgan fingerprint density at radius 2 is 2.14 bits per heavy atom. The van der Waals surface area contributed by atoms with E-state index in [2.05, 4.69) is 4.72 Å². The maximum atomic E-state index is 12.3. The molecule has 0 spiro atoms. The minimum Gasteiger partial charge on any atom is -0.469 e. The summed E-state index contributed by atoms with van der Waals surface area (Å²) in [6, 6.07) is 7.77. The molecular weight excluding hydrogens is 312 g/mol. The van der Waals surface area contributed by atoms with Gasteiger partial charge in [0.25, 0.3) is 0 Å². The Morgan fingerprint density at radius 3 is 2.76 bits per heavy atom. The minimum atomic E-state index is -3.62. The Labute approximate surface area is 129 Å². The summed E-state index contributed by atoms with van der Waals surface area (Å²) in [4.78, 5) is 0.152. The normalized spacial score (nSPS) is 13.3. The molecule has 0 saturated heterocycles. The quantitative estimate of drug-likeness (QED) is 0.852. The number of halogens is 1. The third-order valence-electron chi connectivity index (χ3n) is 2.99. The van der Waals surface area contributed by atoms with Crippen LogP contribution in [-0.4, -0.2) is 14.5 Å². The predicted molar refractivity (Wildman–Crippen MR) is 81.5 cm³/mol. The van der Waals surface area contributed by atoms with E-state index < -0.39 is 10.0 Å². The van der Waals surface area contributed by atoms with Crippen molar-refractivity contribution in [3.8, 4) is 0 Å². The summed E-state index contributed by atoms with van der Waals surface area (Å²) in [6.45, 7) is 1.96. The molecule has 3 N–H and O–H groups in total. The van der Waals surface area contributed by atoms with Gasteiger partial charge in [-0.3, -0.25) is 0 Å². The van der Waals surface area contributed by atoms with Gasteiger partial charge in [-0.25, -0.2) is 13.1 Å². The van der Waals surface area contributed by atoms with E-state index in [1.165, 1.54) is 18.2 Å². The molecule has 0 fully saturated rings. The summed E-state index contributed by atoms with van der Waals surface area (Å²) in [5, 5.41) is 0.458. The Hall–Kier alpha value is -1.34. The molecule has 0 saturated carbocycles. The van der Waals surface area contributed by atoms with Gasteiger partial charge in [-0.15, -0.1) is 0 Å². The number of sulfonamides is 1. The van der Waals surface area contributed by atoms with Crippen molar-refractivity contribution in [3.05, 3.63) is 52.9 Å². The van der Waals surface area contributed by atoms with Crippen LogP contribution < -0.4 is 10.5 Å². The molecule has 2 rings (SSSR count). The molecule has 21 heavy (non-hydrogen) atoms. The van der Waals surface area contributed by atoms with E-state index >= 15 is 0 Å². The molecule has 0 aliphatic rings. The van der Waals surface area contributed by atoms with Crippen molar-refractivity contribution in [1.29, 1.82) is 0 Å². The van der Waals surface area contributed by atoms with Gasteiger partial charge < -0.3 is 10.2 Å². The van der Waals surface area contributed by atoms with Gasteiger partial charge in [0.1, 0.15) is 5.76 Å². The smallest absolute Gasteiger partial charge is 0.240 e. The van der Waals surface area contributed by atoms with Crippen molar-refractivity contribution >= 4 is 21.6 Å². The molecule has 0 amide bonds. The second-order valence-corrected chi connectivity index (χ2v) is 6.88. The standard InChI is InChI=1S/C14H17ClN2O3S/c1-10(7-12-3-2-6-20-12)17-21(18,19)13-4-5-14(15)11(8-13)9-16/h2-6,8,10,17H,7,9,16H2,1H3. The first-order chi connectivity index (χ1) is 9.92. The number of hydrogen-bond donors (Lipinski definition) is 2. The number of rotatable bonds is 6. The topological polar surface area (TPSA) is 85.3 Å². The van der Waals surface area contributed by atoms with Crippen LogP contribution in [0.15, 0.2) is 45.9 Å². The lowest BCUT2D eigenvalue weighted by Crippen LogP contribution is -2.34. The van der Waals surface area contributed by atoms with E-state index in [0.29, 0.717) is 17.0 Å². The zero-order valence-corrected chi connectivity index (χ0v) is 13.1. The highest BCUT2D eigenvalue weighted by Crippen LogP contribution is 2.20. The van der Waals surface area contributed by atoms with Crippen LogP contribution in [0.5, 0.6) is 0 Å². The first-order valence-corrected chi connectivity index (χ1v) is 8.31. The number of hydrogen-bond acceptors (Lipinski definition) is 4. The van der Waals surface area contributed by atoms with Crippen molar-refractivity contribution in [2.75, 3.05) is 0 Å². The van der Waals surface area contributed by atoms with E-state index in [4.69, 9.17) is 21.8 Å². The maximum Gasteiger partial charge on any atom is 0.240 e. The Morgan fingerprint density at radius 1 is 1.38 bits per heavy atom. The molecule has 0 radical (unpaired) electrons. The van der Waals surface area contributed by atoms with Gasteiger partial charge in [0.15, 0.2) is 0 Å². The summed E-state index contributed by atoms with van der Waals surface area (Å²) >= 11 is 5.94. The molecule has 0 aliphatic heterocycles. The molecule has 7 heteroatoms. The lowest BCUT2D eigenvalue weighted by molar-refractivity contribution is 0.479. The van der Waals surface area contributed by atoms with Gasteiger partial charge >= 0.3 is 0 Å². The zero-order valence-electron chi connectivity index (χ0n) is 11.5. The predicted octanol–water partition coefficient (Wildman–Crippen LogP) is 2.30. The molecular formula is C14H17ClN2O3S. The first kappa shape index (κ1) is 16.0. The van der Waals surface area contributed by atoms with Gasteiger partial charge in [-0.05, 0) is 42.8 Å². The van der Waals surface area contributed by atoms with Crippen molar-refractivity contribution in [1.82, 2.24) is 4.72 Å². The fourth-order valence-corrected chi connectivity index (χ4v) is 3.47. The average Bonchev–Trinajstić information content (AvgIpc) is 2.91. The SMILES string of the molecule is CC(Cc1ccco1)NS(=O)(=O)c1ccc(Cl)c(CN)c1. The van der Waals surface area contributed by atoms with Crippen LogP contribution in [0.2, 0.25) is 5.02 Å². The Bertz CT molecular complexity index is 699. The van der Waals surface area contributed by atoms with Crippen molar-refractivity contribution in [2.24, 2.45) is 5.73 Å². The molecule has 1 aromatic carbocycles. The summed E-state index contributed by atoms with van der Waals surface area (Å²) in [5.74, 6) is 0.726. The van der Waals surface area contributed by atoms with Crippen LogP contribution in [0.1, 0.15) is 18.2 Å². The second-order valence-electron chi connectivity index (χ2n) is 4.76. The lowest BCUT2D eigenvalue weighted by Gasteiger charge is -2.14. The fourth-order valence-electron chi connectivity index (χ4n) is 1.98. The lowest BCUT2D eigenvalue weighted by atomic mass is 10.2. The van der Waals surface area contributed by atoms with Gasteiger partial charge in [0.05, 0.1) is 11.2 Å². The fraction of sp³-hybridized carbons (Fsp3) is 0.286. The molecule has 1 aromatic heterocycles. The minimum absolute atomic E-state index is 0.152. The second kappa shape index (κ2) is 6.62. The highest BCUT2D eigenvalue weighted by atomic mass is 35.5. The van der Waals surface area contributed by atoms with Crippen LogP contribution in [0.4, 0.5) is 0 Å². The van der Waals surface area contributed by atoms with Gasteiger partial charge in [-0.2, -0.15) is 0 Å². The number of benzene rings is 1. The third-order valence-corrected chi connectivity index (χ3v) is 4.95. The molecule has 1 heterocycles. The largest absolute Gasteiger partial charge is 0.469 e. The zero-order chi connectivity index (χ0) is 15.5. The number of nitrogens with one attached hydrogen (secondary N) is 1. The Balaban J connectivity index is 2.14. The van der Waals surface area contributed by atoms with E-state index in [1.54, 1.807) is 25.3 Å². The molecule has 1 atom stereocenters. The van der Waals surface area contributed by atoms with Crippen LogP contribution in [0.25, 0.3) is 0 Å². The number of nitrogens with two attached hydrogens (primary N) is 1. The summed E-state index contributed by atoms with van der Waals surface area (Å²) in [6.07, 6.45) is 2.03. The molecule has 1 unspecified atom stereocenters. The summed E-state index contributed by atoms with van der Waals surface area (Å²) in [5.41, 5.74) is 6.14. The van der Waals surface area contributed by atoms with Crippen LogP contribution in [-0.2, 0) is 23.0 Å². The van der Waals surface area contributed by atoms with Gasteiger partial charge in [0, 0.05) is 24.0 Å². The van der Waals surface area contributed by atoms with E-state index in [0.717, 1.165) is 5.76 Å². The van der Waals surface area contributed by atoms with Gasteiger partial charge in [0.2, 0.25) is 10.0 Å². The summed E-state index contributed by atoms with van der Waals surface area (Å²) in [7, 11) is -3.62. The molecule has 114 valence electrons. The maximum absolute atomic E-state index is 12.3. The van der Waals surface area contributed by atoms with E-state index in [-0.39, 0.29) is 17.5 Å². The monoisotopic (exact) mass is 328 g/mol. The van der Waals surface area contributed by atoms with Crippen molar-refractivity contribution in [2.45, 2.75) is 30.8 Å². The Kier molecular flexibility index (Phi) is 5.05. The van der Waals surface area contributed by atoms with E-state index in [1.807, 2.05) is 0 Å². The van der Waals surface area contributed by atoms with Crippen molar-refractivity contribution in [3.63, 3.8) is 0 Å².